The SMILES string of the molecule is O=C(c1ccccc1Cl)N1CCNCC12CCCCC2. The second-order valence-corrected chi connectivity index (χ2v) is 6.31. The first kappa shape index (κ1) is 13.9. The van der Waals surface area contributed by atoms with Crippen LogP contribution in [0.3, 0.4) is 0 Å². The molecule has 1 aliphatic carbocycles. The number of piperazine rings is 1. The quantitative estimate of drug-likeness (QED) is 0.863. The van der Waals surface area contributed by atoms with Crippen molar-refractivity contribution in [2.45, 2.75) is 37.6 Å². The van der Waals surface area contributed by atoms with Gasteiger partial charge in [0, 0.05) is 19.6 Å². The maximum absolute atomic E-state index is 12.9. The molecule has 1 saturated carbocycles. The van der Waals surface area contributed by atoms with Crippen LogP contribution in [0.4, 0.5) is 0 Å². The van der Waals surface area contributed by atoms with Gasteiger partial charge >= 0.3 is 0 Å². The van der Waals surface area contributed by atoms with Crippen molar-refractivity contribution in [1.29, 1.82) is 0 Å². The smallest absolute Gasteiger partial charge is 0.255 e. The van der Waals surface area contributed by atoms with E-state index < -0.39 is 0 Å². The first-order valence-electron chi connectivity index (χ1n) is 7.50. The predicted octanol–water partition coefficient (Wildman–Crippen LogP) is 3.09. The van der Waals surface area contributed by atoms with E-state index in [2.05, 4.69) is 10.2 Å². The molecule has 0 aromatic heterocycles. The van der Waals surface area contributed by atoms with E-state index in [0.717, 1.165) is 32.5 Å². The summed E-state index contributed by atoms with van der Waals surface area (Å²) in [5.41, 5.74) is 0.647. The summed E-state index contributed by atoms with van der Waals surface area (Å²) in [7, 11) is 0. The highest BCUT2D eigenvalue weighted by molar-refractivity contribution is 6.33. The van der Waals surface area contributed by atoms with Crippen molar-refractivity contribution in [1.82, 2.24) is 10.2 Å². The molecule has 3 nitrogen and oxygen atoms in total. The Balaban J connectivity index is 1.90. The summed E-state index contributed by atoms with van der Waals surface area (Å²) in [4.78, 5) is 15.0. The van der Waals surface area contributed by atoms with Gasteiger partial charge in [-0.05, 0) is 25.0 Å². The van der Waals surface area contributed by atoms with E-state index >= 15 is 0 Å². The topological polar surface area (TPSA) is 32.3 Å². The third-order valence-electron chi connectivity index (χ3n) is 4.67. The third-order valence-corrected chi connectivity index (χ3v) is 5.00. The largest absolute Gasteiger partial charge is 0.330 e. The van der Waals surface area contributed by atoms with Crippen LogP contribution in [-0.2, 0) is 0 Å². The average molecular weight is 293 g/mol. The summed E-state index contributed by atoms with van der Waals surface area (Å²) in [6.07, 6.45) is 5.93. The second kappa shape index (κ2) is 5.74. The fourth-order valence-corrected chi connectivity index (χ4v) is 3.81. The van der Waals surface area contributed by atoms with Gasteiger partial charge in [0.15, 0.2) is 0 Å². The fourth-order valence-electron chi connectivity index (χ4n) is 3.60. The minimum absolute atomic E-state index is 0.00670. The van der Waals surface area contributed by atoms with Gasteiger partial charge in [-0.1, -0.05) is 43.0 Å². The van der Waals surface area contributed by atoms with Gasteiger partial charge in [0.25, 0.3) is 5.91 Å². The van der Waals surface area contributed by atoms with Crippen molar-refractivity contribution in [3.05, 3.63) is 34.9 Å². The zero-order chi connectivity index (χ0) is 14.0. The molecule has 4 heteroatoms. The molecule has 0 unspecified atom stereocenters. The van der Waals surface area contributed by atoms with Crippen molar-refractivity contribution in [3.63, 3.8) is 0 Å². The Bertz CT molecular complexity index is 489. The highest BCUT2D eigenvalue weighted by atomic mass is 35.5. The van der Waals surface area contributed by atoms with Crippen molar-refractivity contribution >= 4 is 17.5 Å². The number of halogens is 1. The lowest BCUT2D eigenvalue weighted by molar-refractivity contribution is 0.0223. The van der Waals surface area contributed by atoms with Crippen LogP contribution >= 0.6 is 11.6 Å². The molecule has 1 aromatic carbocycles. The van der Waals surface area contributed by atoms with E-state index in [1.807, 2.05) is 18.2 Å². The molecule has 0 radical (unpaired) electrons. The third kappa shape index (κ3) is 2.45. The fraction of sp³-hybridized carbons (Fsp3) is 0.562. The molecule has 0 bridgehead atoms. The minimum Gasteiger partial charge on any atom is -0.330 e. The van der Waals surface area contributed by atoms with Gasteiger partial charge in [-0.15, -0.1) is 0 Å². The number of nitrogens with zero attached hydrogens (tertiary/aromatic N) is 1. The van der Waals surface area contributed by atoms with E-state index in [1.165, 1.54) is 19.3 Å². The van der Waals surface area contributed by atoms with Crippen LogP contribution in [0.25, 0.3) is 0 Å². The molecule has 2 fully saturated rings. The minimum atomic E-state index is 0.00670. The summed E-state index contributed by atoms with van der Waals surface area (Å²) < 4.78 is 0. The molecule has 1 spiro atoms. The number of benzene rings is 1. The summed E-state index contributed by atoms with van der Waals surface area (Å²) in [5, 5.41) is 4.03. The van der Waals surface area contributed by atoms with E-state index in [1.54, 1.807) is 6.07 Å². The molecular formula is C16H21ClN2O. The molecule has 0 atom stereocenters. The summed E-state index contributed by atoms with van der Waals surface area (Å²) in [6.45, 7) is 2.57. The van der Waals surface area contributed by atoms with Gasteiger partial charge in [-0.2, -0.15) is 0 Å². The van der Waals surface area contributed by atoms with E-state index in [9.17, 15) is 4.79 Å². The summed E-state index contributed by atoms with van der Waals surface area (Å²) in [6, 6.07) is 7.38. The van der Waals surface area contributed by atoms with E-state index in [0.29, 0.717) is 10.6 Å². The second-order valence-electron chi connectivity index (χ2n) is 5.90. The Morgan fingerprint density at radius 1 is 1.20 bits per heavy atom. The normalized spacial score (nSPS) is 21.9. The Labute approximate surface area is 125 Å². The van der Waals surface area contributed by atoms with Crippen molar-refractivity contribution < 1.29 is 4.79 Å². The first-order valence-corrected chi connectivity index (χ1v) is 7.88. The van der Waals surface area contributed by atoms with Crippen molar-refractivity contribution in [3.8, 4) is 0 Å². The standard InChI is InChI=1S/C16H21ClN2O/c17-14-7-3-2-6-13(14)15(20)19-11-10-18-12-16(19)8-4-1-5-9-16/h2-3,6-7,18H,1,4-5,8-12H2. The van der Waals surface area contributed by atoms with Crippen LogP contribution in [0.5, 0.6) is 0 Å². The summed E-state index contributed by atoms with van der Waals surface area (Å²) in [5.74, 6) is 0.0963. The van der Waals surface area contributed by atoms with Crippen LogP contribution in [0, 0.1) is 0 Å². The molecule has 1 saturated heterocycles. The lowest BCUT2D eigenvalue weighted by Crippen LogP contribution is -2.63. The summed E-state index contributed by atoms with van der Waals surface area (Å²) >= 11 is 6.20. The number of amides is 1. The monoisotopic (exact) mass is 292 g/mol. The Hall–Kier alpha value is -1.06. The molecule has 1 N–H and O–H groups in total. The Kier molecular flexibility index (Phi) is 3.99. The van der Waals surface area contributed by atoms with Crippen LogP contribution < -0.4 is 5.32 Å². The highest BCUT2D eigenvalue weighted by Crippen LogP contribution is 2.36. The zero-order valence-corrected chi connectivity index (χ0v) is 12.5. The number of carbonyl (C=O) groups is 1. The Morgan fingerprint density at radius 3 is 2.70 bits per heavy atom. The van der Waals surface area contributed by atoms with Crippen LogP contribution in [0.1, 0.15) is 42.5 Å². The van der Waals surface area contributed by atoms with Crippen LogP contribution in [-0.4, -0.2) is 36.0 Å². The predicted molar refractivity (Wildman–Crippen MR) is 81.2 cm³/mol. The number of hydrogen-bond acceptors (Lipinski definition) is 2. The lowest BCUT2D eigenvalue weighted by Gasteiger charge is -2.50. The van der Waals surface area contributed by atoms with Gasteiger partial charge in [-0.25, -0.2) is 0 Å². The number of hydrogen-bond donors (Lipinski definition) is 1. The molecule has 108 valence electrons. The molecule has 1 amide bonds. The first-order chi connectivity index (χ1) is 9.73. The van der Waals surface area contributed by atoms with Gasteiger partial charge in [0.2, 0.25) is 0 Å². The van der Waals surface area contributed by atoms with Crippen LogP contribution in [0.15, 0.2) is 24.3 Å². The zero-order valence-electron chi connectivity index (χ0n) is 11.7. The van der Waals surface area contributed by atoms with E-state index in [-0.39, 0.29) is 11.4 Å². The molecular weight excluding hydrogens is 272 g/mol. The van der Waals surface area contributed by atoms with Gasteiger partial charge < -0.3 is 10.2 Å². The van der Waals surface area contributed by atoms with Gasteiger partial charge in [-0.3, -0.25) is 4.79 Å². The highest BCUT2D eigenvalue weighted by Gasteiger charge is 2.42. The molecule has 20 heavy (non-hydrogen) atoms. The maximum Gasteiger partial charge on any atom is 0.255 e. The van der Waals surface area contributed by atoms with Crippen molar-refractivity contribution in [2.75, 3.05) is 19.6 Å². The van der Waals surface area contributed by atoms with Crippen LogP contribution in [0.2, 0.25) is 5.02 Å². The van der Waals surface area contributed by atoms with E-state index in [4.69, 9.17) is 11.6 Å². The number of rotatable bonds is 1. The molecule has 1 aromatic rings. The molecule has 3 rings (SSSR count). The van der Waals surface area contributed by atoms with Gasteiger partial charge in [0.1, 0.15) is 0 Å². The molecule has 2 aliphatic rings. The molecule has 1 aliphatic heterocycles. The number of carbonyl (C=O) groups excluding carboxylic acids is 1. The van der Waals surface area contributed by atoms with Crippen molar-refractivity contribution in [2.24, 2.45) is 0 Å². The lowest BCUT2D eigenvalue weighted by atomic mass is 9.78. The molecule has 1 heterocycles. The van der Waals surface area contributed by atoms with Gasteiger partial charge in [0.05, 0.1) is 16.1 Å². The average Bonchev–Trinajstić information content (AvgIpc) is 2.48. The maximum atomic E-state index is 12.9. The number of nitrogens with one attached hydrogen (secondary N) is 1. The Morgan fingerprint density at radius 2 is 1.95 bits per heavy atom.